The van der Waals surface area contributed by atoms with Crippen molar-refractivity contribution >= 4 is 22.9 Å². The topological polar surface area (TPSA) is 48.1 Å². The minimum atomic E-state index is -0.458. The molecule has 0 unspecified atom stereocenters. The van der Waals surface area contributed by atoms with E-state index in [1.54, 1.807) is 19.2 Å². The highest BCUT2D eigenvalue weighted by Crippen LogP contribution is 2.32. The van der Waals surface area contributed by atoms with Crippen LogP contribution >= 0.6 is 22.9 Å². The van der Waals surface area contributed by atoms with Crippen molar-refractivity contribution in [1.82, 2.24) is 4.98 Å². The summed E-state index contributed by atoms with van der Waals surface area (Å²) in [6.07, 6.45) is 0. The molecule has 96 valence electrons. The first-order valence-electron chi connectivity index (χ1n) is 5.29. The monoisotopic (exact) mass is 286 g/mol. The van der Waals surface area contributed by atoms with Crippen LogP contribution in [0.15, 0.2) is 18.2 Å². The lowest BCUT2D eigenvalue weighted by atomic mass is 10.2. The standard InChI is InChI=1S/C12H12ClFN2OS/c1-17-6-9-10(5-15)18-12(16-9)7-3-2-4-8(13)11(7)14/h2-4H,5-6,15H2,1H3. The minimum Gasteiger partial charge on any atom is -0.378 e. The van der Waals surface area contributed by atoms with Gasteiger partial charge in [-0.2, -0.15) is 0 Å². The number of aromatic nitrogens is 1. The second-order valence-electron chi connectivity index (χ2n) is 3.63. The fraction of sp³-hybridized carbons (Fsp3) is 0.250. The first kappa shape index (κ1) is 13.4. The van der Waals surface area contributed by atoms with E-state index >= 15 is 0 Å². The number of ether oxygens (including phenoxy) is 1. The number of halogens is 2. The first-order chi connectivity index (χ1) is 8.67. The number of hydrogen-bond donors (Lipinski definition) is 1. The summed E-state index contributed by atoms with van der Waals surface area (Å²) < 4.78 is 18.9. The molecule has 18 heavy (non-hydrogen) atoms. The maximum atomic E-state index is 13.9. The zero-order valence-electron chi connectivity index (χ0n) is 9.74. The smallest absolute Gasteiger partial charge is 0.152 e. The molecule has 1 heterocycles. The molecule has 0 aliphatic rings. The van der Waals surface area contributed by atoms with Crippen LogP contribution in [-0.2, 0) is 17.9 Å². The lowest BCUT2D eigenvalue weighted by molar-refractivity contribution is 0.181. The van der Waals surface area contributed by atoms with Crippen LogP contribution in [0.2, 0.25) is 5.02 Å². The van der Waals surface area contributed by atoms with Crippen LogP contribution in [0.25, 0.3) is 10.6 Å². The second-order valence-corrected chi connectivity index (χ2v) is 5.12. The van der Waals surface area contributed by atoms with Gasteiger partial charge in [0.25, 0.3) is 0 Å². The molecule has 0 aliphatic heterocycles. The molecule has 3 nitrogen and oxygen atoms in total. The van der Waals surface area contributed by atoms with Gasteiger partial charge < -0.3 is 10.5 Å². The molecule has 0 atom stereocenters. The van der Waals surface area contributed by atoms with Crippen LogP contribution in [0.1, 0.15) is 10.6 Å². The highest BCUT2D eigenvalue weighted by Gasteiger charge is 2.15. The first-order valence-corrected chi connectivity index (χ1v) is 6.48. The fourth-order valence-electron chi connectivity index (χ4n) is 1.58. The second kappa shape index (κ2) is 5.75. The molecule has 0 bridgehead atoms. The Morgan fingerprint density at radius 1 is 1.50 bits per heavy atom. The van der Waals surface area contributed by atoms with Crippen molar-refractivity contribution in [3.8, 4) is 10.6 Å². The number of methoxy groups -OCH3 is 1. The van der Waals surface area contributed by atoms with Crippen molar-refractivity contribution in [2.45, 2.75) is 13.2 Å². The van der Waals surface area contributed by atoms with Crippen LogP contribution in [0.5, 0.6) is 0 Å². The zero-order chi connectivity index (χ0) is 13.1. The van der Waals surface area contributed by atoms with Crippen LogP contribution in [-0.4, -0.2) is 12.1 Å². The Balaban J connectivity index is 2.47. The third-order valence-electron chi connectivity index (χ3n) is 2.43. The van der Waals surface area contributed by atoms with Gasteiger partial charge in [0, 0.05) is 24.1 Å². The fourth-order valence-corrected chi connectivity index (χ4v) is 2.71. The molecule has 2 N–H and O–H groups in total. The molecule has 1 aromatic heterocycles. The van der Waals surface area contributed by atoms with Gasteiger partial charge in [0.2, 0.25) is 0 Å². The molecule has 2 rings (SSSR count). The van der Waals surface area contributed by atoms with Gasteiger partial charge in [-0.25, -0.2) is 9.37 Å². The van der Waals surface area contributed by atoms with Crippen molar-refractivity contribution in [1.29, 1.82) is 0 Å². The molecular weight excluding hydrogens is 275 g/mol. The van der Waals surface area contributed by atoms with Crippen LogP contribution < -0.4 is 5.73 Å². The van der Waals surface area contributed by atoms with Gasteiger partial charge in [0.05, 0.1) is 17.3 Å². The lowest BCUT2D eigenvalue weighted by Crippen LogP contribution is -1.99. The lowest BCUT2D eigenvalue weighted by Gasteiger charge is -2.00. The average Bonchev–Trinajstić information content (AvgIpc) is 2.76. The molecule has 0 saturated heterocycles. The summed E-state index contributed by atoms with van der Waals surface area (Å²) in [7, 11) is 1.58. The summed E-state index contributed by atoms with van der Waals surface area (Å²) in [5, 5.41) is 0.660. The van der Waals surface area contributed by atoms with Gasteiger partial charge in [-0.05, 0) is 12.1 Å². The Hall–Kier alpha value is -1.01. The van der Waals surface area contributed by atoms with E-state index in [-0.39, 0.29) is 5.02 Å². The molecule has 1 aromatic carbocycles. The minimum absolute atomic E-state index is 0.0882. The molecular formula is C12H12ClFN2OS. The number of rotatable bonds is 4. The van der Waals surface area contributed by atoms with E-state index in [1.165, 1.54) is 17.4 Å². The Bertz CT molecular complexity index is 559. The summed E-state index contributed by atoms with van der Waals surface area (Å²) >= 11 is 7.12. The summed E-state index contributed by atoms with van der Waals surface area (Å²) in [4.78, 5) is 5.25. The Kier molecular flexibility index (Phi) is 4.29. The van der Waals surface area contributed by atoms with Crippen molar-refractivity contribution in [2.24, 2.45) is 5.73 Å². The average molecular weight is 287 g/mol. The molecule has 0 spiro atoms. The largest absolute Gasteiger partial charge is 0.378 e. The summed E-state index contributed by atoms with van der Waals surface area (Å²) in [6, 6.07) is 4.85. The Morgan fingerprint density at radius 3 is 2.94 bits per heavy atom. The highest BCUT2D eigenvalue weighted by molar-refractivity contribution is 7.15. The van der Waals surface area contributed by atoms with E-state index in [9.17, 15) is 4.39 Å². The van der Waals surface area contributed by atoms with Gasteiger partial charge in [0.1, 0.15) is 5.01 Å². The number of hydrogen-bond acceptors (Lipinski definition) is 4. The molecule has 0 aliphatic carbocycles. The van der Waals surface area contributed by atoms with Gasteiger partial charge in [-0.3, -0.25) is 0 Å². The van der Waals surface area contributed by atoms with E-state index in [0.717, 1.165) is 10.6 Å². The van der Waals surface area contributed by atoms with Crippen molar-refractivity contribution in [2.75, 3.05) is 7.11 Å². The molecule has 0 saturated carbocycles. The molecule has 0 fully saturated rings. The van der Waals surface area contributed by atoms with Crippen molar-refractivity contribution in [3.63, 3.8) is 0 Å². The number of benzene rings is 1. The predicted molar refractivity (Wildman–Crippen MR) is 71.1 cm³/mol. The number of nitrogens with zero attached hydrogens (tertiary/aromatic N) is 1. The normalized spacial score (nSPS) is 10.9. The summed E-state index contributed by atoms with van der Waals surface area (Å²) in [5.41, 5.74) is 6.78. The van der Waals surface area contributed by atoms with E-state index in [0.29, 0.717) is 23.7 Å². The molecule has 6 heteroatoms. The molecule has 2 aromatic rings. The zero-order valence-corrected chi connectivity index (χ0v) is 11.3. The summed E-state index contributed by atoms with van der Waals surface area (Å²) in [5.74, 6) is -0.458. The number of nitrogens with two attached hydrogens (primary N) is 1. The van der Waals surface area contributed by atoms with E-state index in [2.05, 4.69) is 4.98 Å². The van der Waals surface area contributed by atoms with Gasteiger partial charge in [-0.1, -0.05) is 17.7 Å². The van der Waals surface area contributed by atoms with Crippen LogP contribution in [0.3, 0.4) is 0 Å². The maximum Gasteiger partial charge on any atom is 0.152 e. The SMILES string of the molecule is COCc1nc(-c2cccc(Cl)c2F)sc1CN. The summed E-state index contributed by atoms with van der Waals surface area (Å²) in [6.45, 7) is 0.726. The van der Waals surface area contributed by atoms with Gasteiger partial charge in [0.15, 0.2) is 5.82 Å². The van der Waals surface area contributed by atoms with Crippen molar-refractivity contribution in [3.05, 3.63) is 39.6 Å². The van der Waals surface area contributed by atoms with Crippen molar-refractivity contribution < 1.29 is 9.13 Å². The number of thiazole rings is 1. The third kappa shape index (κ3) is 2.54. The van der Waals surface area contributed by atoms with Crippen LogP contribution in [0.4, 0.5) is 4.39 Å². The van der Waals surface area contributed by atoms with E-state index in [1.807, 2.05) is 0 Å². The molecule has 0 radical (unpaired) electrons. The highest BCUT2D eigenvalue weighted by atomic mass is 35.5. The Morgan fingerprint density at radius 2 is 2.28 bits per heavy atom. The third-order valence-corrected chi connectivity index (χ3v) is 3.87. The quantitative estimate of drug-likeness (QED) is 0.939. The molecule has 0 amide bonds. The van der Waals surface area contributed by atoms with E-state index < -0.39 is 5.82 Å². The van der Waals surface area contributed by atoms with Gasteiger partial charge >= 0.3 is 0 Å². The van der Waals surface area contributed by atoms with Gasteiger partial charge in [-0.15, -0.1) is 11.3 Å². The Labute approximate surface area is 113 Å². The van der Waals surface area contributed by atoms with E-state index in [4.69, 9.17) is 22.1 Å². The van der Waals surface area contributed by atoms with Crippen LogP contribution in [0, 0.1) is 5.82 Å². The predicted octanol–water partition coefficient (Wildman–Crippen LogP) is 3.21. The maximum absolute atomic E-state index is 13.9.